The summed E-state index contributed by atoms with van der Waals surface area (Å²) in [6.07, 6.45) is 11.3. The molecule has 4 heteroatoms. The molecule has 19 heavy (non-hydrogen) atoms. The monoisotopic (exact) mass is 254 g/mol. The first kappa shape index (κ1) is 11.0. The van der Waals surface area contributed by atoms with Crippen molar-refractivity contribution in [3.63, 3.8) is 0 Å². The zero-order valence-electron chi connectivity index (χ0n) is 10.9. The number of hydrogen-bond donors (Lipinski definition) is 1. The molecule has 98 valence electrons. The van der Waals surface area contributed by atoms with E-state index in [1.807, 2.05) is 30.9 Å². The molecule has 2 aliphatic carbocycles. The van der Waals surface area contributed by atoms with Crippen LogP contribution in [-0.4, -0.2) is 14.5 Å². The molecule has 0 aromatic carbocycles. The summed E-state index contributed by atoms with van der Waals surface area (Å²) in [4.78, 5) is 8.54. The third kappa shape index (κ3) is 1.74. The zero-order valence-corrected chi connectivity index (χ0v) is 10.9. The summed E-state index contributed by atoms with van der Waals surface area (Å²) in [6.45, 7) is 0. The minimum atomic E-state index is 0.565. The van der Waals surface area contributed by atoms with Crippen LogP contribution in [0.25, 0.3) is 11.3 Å². The van der Waals surface area contributed by atoms with Gasteiger partial charge in [-0.15, -0.1) is 0 Å². The standard InChI is InChI=1S/C15H18N4/c16-15-4-3-12(7-18-15)14-8-17-9-19(14)13-6-10-1-2-11(13)5-10/h3-4,7-11,13H,1-2,5-6H2,(H2,16,18). The largest absolute Gasteiger partial charge is 0.384 e. The highest BCUT2D eigenvalue weighted by Gasteiger charge is 2.40. The highest BCUT2D eigenvalue weighted by molar-refractivity contribution is 5.59. The number of imidazole rings is 1. The van der Waals surface area contributed by atoms with E-state index in [-0.39, 0.29) is 0 Å². The number of rotatable bonds is 2. The van der Waals surface area contributed by atoms with Gasteiger partial charge in [-0.1, -0.05) is 6.42 Å². The molecule has 0 spiro atoms. The molecule has 0 amide bonds. The lowest BCUT2D eigenvalue weighted by molar-refractivity contribution is 0.332. The Hall–Kier alpha value is -1.84. The van der Waals surface area contributed by atoms with E-state index in [4.69, 9.17) is 5.73 Å². The molecule has 2 aliphatic rings. The van der Waals surface area contributed by atoms with Crippen LogP contribution in [0.1, 0.15) is 31.7 Å². The zero-order chi connectivity index (χ0) is 12.8. The van der Waals surface area contributed by atoms with Crippen LogP contribution >= 0.6 is 0 Å². The van der Waals surface area contributed by atoms with Crippen LogP contribution in [0.15, 0.2) is 30.9 Å². The molecule has 2 aromatic heterocycles. The second-order valence-electron chi connectivity index (χ2n) is 5.90. The summed E-state index contributed by atoms with van der Waals surface area (Å²) < 4.78 is 2.36. The molecule has 0 aliphatic heterocycles. The minimum Gasteiger partial charge on any atom is -0.384 e. The topological polar surface area (TPSA) is 56.7 Å². The molecular weight excluding hydrogens is 236 g/mol. The van der Waals surface area contributed by atoms with E-state index < -0.39 is 0 Å². The van der Waals surface area contributed by atoms with Gasteiger partial charge in [-0.05, 0) is 43.2 Å². The van der Waals surface area contributed by atoms with Gasteiger partial charge in [0.15, 0.2) is 0 Å². The number of aromatic nitrogens is 3. The Bertz CT molecular complexity index is 586. The molecule has 3 atom stereocenters. The average molecular weight is 254 g/mol. The highest BCUT2D eigenvalue weighted by Crippen LogP contribution is 2.51. The van der Waals surface area contributed by atoms with Gasteiger partial charge in [0, 0.05) is 17.8 Å². The Balaban J connectivity index is 1.71. The van der Waals surface area contributed by atoms with Crippen molar-refractivity contribution in [1.29, 1.82) is 0 Å². The number of pyridine rings is 1. The highest BCUT2D eigenvalue weighted by atomic mass is 15.1. The van der Waals surface area contributed by atoms with Crippen LogP contribution in [0, 0.1) is 11.8 Å². The van der Waals surface area contributed by atoms with E-state index >= 15 is 0 Å². The number of nitrogen functional groups attached to an aromatic ring is 1. The van der Waals surface area contributed by atoms with Crippen molar-refractivity contribution in [2.45, 2.75) is 31.7 Å². The van der Waals surface area contributed by atoms with E-state index in [0.717, 1.165) is 17.4 Å². The van der Waals surface area contributed by atoms with Gasteiger partial charge in [-0.25, -0.2) is 9.97 Å². The van der Waals surface area contributed by atoms with Crippen molar-refractivity contribution < 1.29 is 0 Å². The van der Waals surface area contributed by atoms with E-state index in [0.29, 0.717) is 11.9 Å². The minimum absolute atomic E-state index is 0.565. The number of nitrogens with two attached hydrogens (primary N) is 1. The first-order valence-electron chi connectivity index (χ1n) is 7.05. The summed E-state index contributed by atoms with van der Waals surface area (Å²) in [5.41, 5.74) is 7.93. The molecule has 0 saturated heterocycles. The Kier molecular flexibility index (Phi) is 2.37. The maximum atomic E-state index is 5.66. The molecule has 2 fully saturated rings. The quantitative estimate of drug-likeness (QED) is 0.896. The fraction of sp³-hybridized carbons (Fsp3) is 0.467. The Morgan fingerprint density at radius 2 is 2.11 bits per heavy atom. The number of anilines is 1. The predicted molar refractivity (Wildman–Crippen MR) is 74.4 cm³/mol. The van der Waals surface area contributed by atoms with E-state index in [1.54, 1.807) is 0 Å². The van der Waals surface area contributed by atoms with Gasteiger partial charge in [0.05, 0.1) is 18.2 Å². The summed E-state index contributed by atoms with van der Waals surface area (Å²) in [6, 6.07) is 4.52. The summed E-state index contributed by atoms with van der Waals surface area (Å²) in [5, 5.41) is 0. The molecule has 4 rings (SSSR count). The third-order valence-corrected chi connectivity index (χ3v) is 4.81. The average Bonchev–Trinajstić information content (AvgIpc) is 3.15. The predicted octanol–water partition coefficient (Wildman–Crippen LogP) is 2.89. The van der Waals surface area contributed by atoms with E-state index in [1.165, 1.54) is 31.4 Å². The molecule has 3 unspecified atom stereocenters. The Labute approximate surface area is 112 Å². The molecule has 2 aromatic rings. The van der Waals surface area contributed by atoms with Gasteiger partial charge in [0.1, 0.15) is 5.82 Å². The Morgan fingerprint density at radius 3 is 2.79 bits per heavy atom. The van der Waals surface area contributed by atoms with Crippen molar-refractivity contribution in [3.8, 4) is 11.3 Å². The van der Waals surface area contributed by atoms with Crippen LogP contribution in [0.4, 0.5) is 5.82 Å². The molecule has 2 heterocycles. The normalized spacial score (nSPS) is 28.9. The van der Waals surface area contributed by atoms with Crippen LogP contribution < -0.4 is 5.73 Å². The Morgan fingerprint density at radius 1 is 1.16 bits per heavy atom. The van der Waals surface area contributed by atoms with Gasteiger partial charge < -0.3 is 10.3 Å². The van der Waals surface area contributed by atoms with Crippen LogP contribution in [-0.2, 0) is 0 Å². The van der Waals surface area contributed by atoms with Crippen LogP contribution in [0.2, 0.25) is 0 Å². The van der Waals surface area contributed by atoms with Crippen LogP contribution in [0.3, 0.4) is 0 Å². The summed E-state index contributed by atoms with van der Waals surface area (Å²) in [5.74, 6) is 2.35. The first-order chi connectivity index (χ1) is 9.31. The first-order valence-corrected chi connectivity index (χ1v) is 7.05. The summed E-state index contributed by atoms with van der Waals surface area (Å²) in [7, 11) is 0. The number of fused-ring (bicyclic) bond motifs is 2. The lowest BCUT2D eigenvalue weighted by Gasteiger charge is -2.25. The molecule has 4 nitrogen and oxygen atoms in total. The van der Waals surface area contributed by atoms with Gasteiger partial charge in [0.25, 0.3) is 0 Å². The molecular formula is C15H18N4. The second kappa shape index (κ2) is 4.08. The van der Waals surface area contributed by atoms with Crippen LogP contribution in [0.5, 0.6) is 0 Å². The van der Waals surface area contributed by atoms with Crippen molar-refractivity contribution in [1.82, 2.24) is 14.5 Å². The molecule has 2 saturated carbocycles. The van der Waals surface area contributed by atoms with E-state index in [2.05, 4.69) is 14.5 Å². The second-order valence-corrected chi connectivity index (χ2v) is 5.90. The third-order valence-electron chi connectivity index (χ3n) is 4.81. The lowest BCUT2D eigenvalue weighted by Crippen LogP contribution is -2.16. The van der Waals surface area contributed by atoms with Crippen molar-refractivity contribution in [2.24, 2.45) is 11.8 Å². The van der Waals surface area contributed by atoms with Gasteiger partial charge >= 0.3 is 0 Å². The fourth-order valence-corrected chi connectivity index (χ4v) is 3.90. The lowest BCUT2D eigenvalue weighted by atomic mass is 9.95. The molecule has 2 bridgehead atoms. The smallest absolute Gasteiger partial charge is 0.123 e. The van der Waals surface area contributed by atoms with E-state index in [9.17, 15) is 0 Å². The maximum absolute atomic E-state index is 5.66. The number of hydrogen-bond acceptors (Lipinski definition) is 3. The van der Waals surface area contributed by atoms with Gasteiger partial charge in [0.2, 0.25) is 0 Å². The van der Waals surface area contributed by atoms with Crippen molar-refractivity contribution in [2.75, 3.05) is 5.73 Å². The SMILES string of the molecule is Nc1ccc(-c2cncn2C2CC3CCC2C3)cn1. The maximum Gasteiger partial charge on any atom is 0.123 e. The molecule has 2 N–H and O–H groups in total. The van der Waals surface area contributed by atoms with Crippen molar-refractivity contribution >= 4 is 5.82 Å². The summed E-state index contributed by atoms with van der Waals surface area (Å²) >= 11 is 0. The van der Waals surface area contributed by atoms with Gasteiger partial charge in [-0.2, -0.15) is 0 Å². The van der Waals surface area contributed by atoms with Gasteiger partial charge in [-0.3, -0.25) is 0 Å². The number of nitrogens with zero attached hydrogens (tertiary/aromatic N) is 3. The molecule has 0 radical (unpaired) electrons. The fourth-order valence-electron chi connectivity index (χ4n) is 3.90. The van der Waals surface area contributed by atoms with Crippen molar-refractivity contribution in [3.05, 3.63) is 30.9 Å².